The van der Waals surface area contributed by atoms with Crippen LogP contribution in [0.4, 0.5) is 0 Å². The number of carbonyl (C=O) groups is 1. The van der Waals surface area contributed by atoms with Crippen molar-refractivity contribution >= 4 is 5.78 Å². The Labute approximate surface area is 73.8 Å². The van der Waals surface area contributed by atoms with Crippen molar-refractivity contribution in [2.24, 2.45) is 11.8 Å². The number of allylic oxidation sites excluding steroid dienone is 1. The fraction of sp³-hybridized carbons (Fsp3) is 0.727. The van der Waals surface area contributed by atoms with Gasteiger partial charge >= 0.3 is 0 Å². The van der Waals surface area contributed by atoms with Crippen LogP contribution in [0.25, 0.3) is 0 Å². The summed E-state index contributed by atoms with van der Waals surface area (Å²) in [5.74, 6) is 1.71. The predicted molar refractivity (Wildman–Crippen MR) is 48.8 cm³/mol. The first-order valence-corrected chi connectivity index (χ1v) is 4.98. The lowest BCUT2D eigenvalue weighted by molar-refractivity contribution is -0.120. The third-order valence-corrected chi connectivity index (χ3v) is 3.22. The van der Waals surface area contributed by atoms with Gasteiger partial charge in [-0.1, -0.05) is 12.2 Å². The number of Topliss-reactive ketones (excluding diaryl/α,β-unsaturated/α-hetero) is 1. The second-order valence-electron chi connectivity index (χ2n) is 4.19. The standard InChI is InChI=1S/C11H16O/c1-8-7-10(8)6-5-9-3-2-4-11(9)12/h9-10H,1-7H2/t9-,10+/m0/s1. The van der Waals surface area contributed by atoms with Crippen LogP contribution < -0.4 is 0 Å². The Morgan fingerprint density at radius 3 is 2.50 bits per heavy atom. The Morgan fingerprint density at radius 1 is 1.33 bits per heavy atom. The fourth-order valence-corrected chi connectivity index (χ4v) is 2.16. The lowest BCUT2D eigenvalue weighted by Gasteiger charge is -2.05. The zero-order chi connectivity index (χ0) is 8.55. The molecule has 0 saturated heterocycles. The smallest absolute Gasteiger partial charge is 0.135 e. The lowest BCUT2D eigenvalue weighted by atomic mass is 9.99. The third-order valence-electron chi connectivity index (χ3n) is 3.22. The van der Waals surface area contributed by atoms with E-state index in [2.05, 4.69) is 6.58 Å². The first kappa shape index (κ1) is 8.03. The summed E-state index contributed by atoms with van der Waals surface area (Å²) in [6.45, 7) is 3.93. The molecule has 66 valence electrons. The molecule has 2 fully saturated rings. The number of hydrogen-bond donors (Lipinski definition) is 0. The van der Waals surface area contributed by atoms with Crippen molar-refractivity contribution in [1.82, 2.24) is 0 Å². The number of rotatable bonds is 3. The molecule has 0 aromatic rings. The van der Waals surface area contributed by atoms with E-state index in [9.17, 15) is 4.79 Å². The van der Waals surface area contributed by atoms with Crippen molar-refractivity contribution in [2.75, 3.05) is 0 Å². The molecule has 12 heavy (non-hydrogen) atoms. The summed E-state index contributed by atoms with van der Waals surface area (Å²) >= 11 is 0. The van der Waals surface area contributed by atoms with Gasteiger partial charge in [-0.2, -0.15) is 0 Å². The average molecular weight is 164 g/mol. The largest absolute Gasteiger partial charge is 0.299 e. The predicted octanol–water partition coefficient (Wildman–Crippen LogP) is 2.71. The molecule has 2 aliphatic carbocycles. The van der Waals surface area contributed by atoms with E-state index in [0.29, 0.717) is 11.7 Å². The highest BCUT2D eigenvalue weighted by molar-refractivity contribution is 5.82. The van der Waals surface area contributed by atoms with Gasteiger partial charge in [-0.25, -0.2) is 0 Å². The molecule has 0 spiro atoms. The van der Waals surface area contributed by atoms with E-state index < -0.39 is 0 Å². The second-order valence-corrected chi connectivity index (χ2v) is 4.19. The molecule has 2 rings (SSSR count). The van der Waals surface area contributed by atoms with Crippen LogP contribution in [0.3, 0.4) is 0 Å². The molecule has 1 nitrogen and oxygen atoms in total. The summed E-state index contributed by atoms with van der Waals surface area (Å²) in [5, 5.41) is 0. The van der Waals surface area contributed by atoms with Gasteiger partial charge in [0.15, 0.2) is 0 Å². The summed E-state index contributed by atoms with van der Waals surface area (Å²) in [7, 11) is 0. The van der Waals surface area contributed by atoms with Crippen molar-refractivity contribution in [1.29, 1.82) is 0 Å². The van der Waals surface area contributed by atoms with Gasteiger partial charge in [0.2, 0.25) is 0 Å². The van der Waals surface area contributed by atoms with Crippen molar-refractivity contribution in [2.45, 2.75) is 38.5 Å². The highest BCUT2D eigenvalue weighted by atomic mass is 16.1. The molecule has 0 heterocycles. The molecule has 0 aromatic carbocycles. The fourth-order valence-electron chi connectivity index (χ4n) is 2.16. The van der Waals surface area contributed by atoms with E-state index in [1.54, 1.807) is 0 Å². The van der Waals surface area contributed by atoms with E-state index >= 15 is 0 Å². The van der Waals surface area contributed by atoms with Crippen LogP contribution >= 0.6 is 0 Å². The molecule has 0 unspecified atom stereocenters. The van der Waals surface area contributed by atoms with Gasteiger partial charge < -0.3 is 0 Å². The quantitative estimate of drug-likeness (QED) is 0.586. The molecule has 2 aliphatic rings. The molecule has 0 aromatic heterocycles. The molecule has 0 bridgehead atoms. The van der Waals surface area contributed by atoms with E-state index in [1.165, 1.54) is 18.4 Å². The molecule has 2 atom stereocenters. The maximum Gasteiger partial charge on any atom is 0.135 e. The monoisotopic (exact) mass is 164 g/mol. The maximum absolute atomic E-state index is 11.3. The highest BCUT2D eigenvalue weighted by Gasteiger charge is 2.30. The SMILES string of the molecule is C=C1C[C@H]1CC[C@@H]1CCCC1=O. The molecule has 0 aliphatic heterocycles. The molecule has 0 amide bonds. The molecule has 0 N–H and O–H groups in total. The summed E-state index contributed by atoms with van der Waals surface area (Å²) in [6, 6.07) is 0. The van der Waals surface area contributed by atoms with Crippen molar-refractivity contribution < 1.29 is 4.79 Å². The Morgan fingerprint density at radius 2 is 2.00 bits per heavy atom. The zero-order valence-corrected chi connectivity index (χ0v) is 7.51. The Bertz CT molecular complexity index is 217. The van der Waals surface area contributed by atoms with Crippen LogP contribution in [-0.2, 0) is 4.79 Å². The first-order chi connectivity index (χ1) is 5.77. The third kappa shape index (κ3) is 1.60. The Balaban J connectivity index is 1.72. The minimum absolute atomic E-state index is 0.415. The average Bonchev–Trinajstić information content (AvgIpc) is 2.57. The van der Waals surface area contributed by atoms with Crippen LogP contribution in [0.15, 0.2) is 12.2 Å². The van der Waals surface area contributed by atoms with Gasteiger partial charge in [0, 0.05) is 12.3 Å². The summed E-state index contributed by atoms with van der Waals surface area (Å²) < 4.78 is 0. The van der Waals surface area contributed by atoms with E-state index in [4.69, 9.17) is 0 Å². The maximum atomic E-state index is 11.3. The van der Waals surface area contributed by atoms with Gasteiger partial charge in [0.1, 0.15) is 5.78 Å². The van der Waals surface area contributed by atoms with Gasteiger partial charge in [-0.05, 0) is 38.0 Å². The summed E-state index contributed by atoms with van der Waals surface area (Å²) in [6.07, 6.45) is 6.70. The minimum atomic E-state index is 0.415. The van der Waals surface area contributed by atoms with Crippen LogP contribution in [0.5, 0.6) is 0 Å². The molecular formula is C11H16O. The highest BCUT2D eigenvalue weighted by Crippen LogP contribution is 2.41. The zero-order valence-electron chi connectivity index (χ0n) is 7.51. The molecule has 0 radical (unpaired) electrons. The second kappa shape index (κ2) is 3.04. The number of carbonyl (C=O) groups excluding carboxylic acids is 1. The van der Waals surface area contributed by atoms with Gasteiger partial charge in [0.05, 0.1) is 0 Å². The summed E-state index contributed by atoms with van der Waals surface area (Å²) in [5.41, 5.74) is 1.40. The number of ketones is 1. The van der Waals surface area contributed by atoms with E-state index in [0.717, 1.165) is 31.6 Å². The molecule has 2 saturated carbocycles. The van der Waals surface area contributed by atoms with Crippen molar-refractivity contribution in [3.63, 3.8) is 0 Å². The number of hydrogen-bond acceptors (Lipinski definition) is 1. The Hall–Kier alpha value is -0.590. The van der Waals surface area contributed by atoms with Gasteiger partial charge in [0.25, 0.3) is 0 Å². The van der Waals surface area contributed by atoms with E-state index in [-0.39, 0.29) is 0 Å². The molecule has 1 heteroatoms. The minimum Gasteiger partial charge on any atom is -0.299 e. The first-order valence-electron chi connectivity index (χ1n) is 4.98. The lowest BCUT2D eigenvalue weighted by Crippen LogP contribution is -2.05. The van der Waals surface area contributed by atoms with Gasteiger partial charge in [-0.15, -0.1) is 0 Å². The topological polar surface area (TPSA) is 17.1 Å². The van der Waals surface area contributed by atoms with Crippen LogP contribution in [0.2, 0.25) is 0 Å². The molecular weight excluding hydrogens is 148 g/mol. The van der Waals surface area contributed by atoms with Crippen LogP contribution in [0, 0.1) is 11.8 Å². The van der Waals surface area contributed by atoms with Crippen molar-refractivity contribution in [3.05, 3.63) is 12.2 Å². The van der Waals surface area contributed by atoms with E-state index in [1.807, 2.05) is 0 Å². The Kier molecular flexibility index (Phi) is 2.03. The van der Waals surface area contributed by atoms with Crippen LogP contribution in [0.1, 0.15) is 38.5 Å². The summed E-state index contributed by atoms with van der Waals surface area (Å²) in [4.78, 5) is 11.3. The van der Waals surface area contributed by atoms with Crippen molar-refractivity contribution in [3.8, 4) is 0 Å². The normalized spacial score (nSPS) is 34.3. The van der Waals surface area contributed by atoms with Gasteiger partial charge in [-0.3, -0.25) is 4.79 Å². The van der Waals surface area contributed by atoms with Crippen LogP contribution in [-0.4, -0.2) is 5.78 Å².